The van der Waals surface area contributed by atoms with Crippen molar-refractivity contribution < 1.29 is 5.11 Å². The van der Waals surface area contributed by atoms with Crippen LogP contribution in [0.2, 0.25) is 0 Å². The molecule has 0 atom stereocenters. The summed E-state index contributed by atoms with van der Waals surface area (Å²) in [5.41, 5.74) is 6.66. The van der Waals surface area contributed by atoms with Crippen molar-refractivity contribution in [3.05, 3.63) is 11.9 Å². The fourth-order valence-electron chi connectivity index (χ4n) is 0.917. The van der Waals surface area contributed by atoms with Crippen LogP contribution in [0.25, 0.3) is 0 Å². The van der Waals surface area contributed by atoms with Gasteiger partial charge in [0, 0.05) is 5.41 Å². The highest BCUT2D eigenvalue weighted by Crippen LogP contribution is 2.24. The molecule has 0 aliphatic heterocycles. The first-order valence-corrected chi connectivity index (χ1v) is 3.48. The smallest absolute Gasteiger partial charge is 0.0736 e. The van der Waals surface area contributed by atoms with Crippen molar-refractivity contribution in [2.45, 2.75) is 19.3 Å². The van der Waals surface area contributed by atoms with Crippen molar-refractivity contribution >= 4 is 5.69 Å². The summed E-state index contributed by atoms with van der Waals surface area (Å²) in [6, 6.07) is 0. The van der Waals surface area contributed by atoms with Gasteiger partial charge in [0.25, 0.3) is 0 Å². The van der Waals surface area contributed by atoms with Crippen molar-refractivity contribution in [3.8, 4) is 0 Å². The normalized spacial score (nSPS) is 11.9. The average Bonchev–Trinajstić information content (AvgIpc) is 2.36. The molecule has 11 heavy (non-hydrogen) atoms. The van der Waals surface area contributed by atoms with Gasteiger partial charge in [-0.2, -0.15) is 5.10 Å². The van der Waals surface area contributed by atoms with E-state index in [9.17, 15) is 0 Å². The Balaban J connectivity index is 3.00. The molecule has 0 aliphatic rings. The molecule has 1 rings (SSSR count). The van der Waals surface area contributed by atoms with Crippen LogP contribution in [0.3, 0.4) is 0 Å². The molecule has 0 spiro atoms. The van der Waals surface area contributed by atoms with E-state index in [0.717, 1.165) is 5.69 Å². The Hall–Kier alpha value is -1.03. The molecule has 0 aromatic carbocycles. The first-order valence-electron chi connectivity index (χ1n) is 3.48. The molecule has 4 N–H and O–H groups in total. The van der Waals surface area contributed by atoms with Gasteiger partial charge in [0.05, 0.1) is 24.2 Å². The molecule has 62 valence electrons. The van der Waals surface area contributed by atoms with Crippen molar-refractivity contribution in [2.75, 3.05) is 12.3 Å². The van der Waals surface area contributed by atoms with Gasteiger partial charge >= 0.3 is 0 Å². The van der Waals surface area contributed by atoms with Crippen molar-refractivity contribution in [1.29, 1.82) is 0 Å². The highest BCUT2D eigenvalue weighted by atomic mass is 16.3. The number of rotatable bonds is 2. The van der Waals surface area contributed by atoms with Gasteiger partial charge in [-0.25, -0.2) is 0 Å². The van der Waals surface area contributed by atoms with Gasteiger partial charge in [-0.3, -0.25) is 5.10 Å². The molecule has 1 heterocycles. The zero-order valence-corrected chi connectivity index (χ0v) is 6.76. The maximum Gasteiger partial charge on any atom is 0.0736 e. The summed E-state index contributed by atoms with van der Waals surface area (Å²) in [4.78, 5) is 0. The maximum absolute atomic E-state index is 8.99. The van der Waals surface area contributed by atoms with Gasteiger partial charge in [-0.15, -0.1) is 0 Å². The van der Waals surface area contributed by atoms with Crippen LogP contribution in [0.1, 0.15) is 19.5 Å². The van der Waals surface area contributed by atoms with E-state index in [1.807, 2.05) is 13.8 Å². The number of aliphatic hydroxyl groups excluding tert-OH is 1. The second kappa shape index (κ2) is 2.54. The van der Waals surface area contributed by atoms with Crippen LogP contribution in [0, 0.1) is 0 Å². The molecule has 0 saturated heterocycles. The van der Waals surface area contributed by atoms with E-state index >= 15 is 0 Å². The highest BCUT2D eigenvalue weighted by Gasteiger charge is 2.23. The van der Waals surface area contributed by atoms with E-state index in [4.69, 9.17) is 10.8 Å². The third kappa shape index (κ3) is 1.35. The molecule has 0 aliphatic carbocycles. The van der Waals surface area contributed by atoms with Gasteiger partial charge in [-0.05, 0) is 0 Å². The number of hydrogen-bond donors (Lipinski definition) is 3. The van der Waals surface area contributed by atoms with Crippen LogP contribution in [0.15, 0.2) is 6.20 Å². The topological polar surface area (TPSA) is 74.9 Å². The molecule has 1 aromatic heterocycles. The second-order valence-electron chi connectivity index (χ2n) is 3.24. The quantitative estimate of drug-likeness (QED) is 0.573. The number of aromatic amines is 1. The number of anilines is 1. The summed E-state index contributed by atoms with van der Waals surface area (Å²) >= 11 is 0. The monoisotopic (exact) mass is 155 g/mol. The number of H-pyrrole nitrogens is 1. The highest BCUT2D eigenvalue weighted by molar-refractivity contribution is 5.44. The zero-order valence-electron chi connectivity index (χ0n) is 6.76. The molecule has 0 saturated carbocycles. The molecule has 4 heteroatoms. The summed E-state index contributed by atoms with van der Waals surface area (Å²) in [5, 5.41) is 15.5. The summed E-state index contributed by atoms with van der Waals surface area (Å²) in [6.07, 6.45) is 1.55. The van der Waals surface area contributed by atoms with Gasteiger partial charge in [0.15, 0.2) is 0 Å². The minimum atomic E-state index is -0.333. The second-order valence-corrected chi connectivity index (χ2v) is 3.24. The minimum absolute atomic E-state index is 0.0550. The molecule has 0 bridgehead atoms. The lowest BCUT2D eigenvalue weighted by Gasteiger charge is -2.19. The van der Waals surface area contributed by atoms with E-state index in [2.05, 4.69) is 10.2 Å². The summed E-state index contributed by atoms with van der Waals surface area (Å²) in [6.45, 7) is 3.85. The fourth-order valence-corrected chi connectivity index (χ4v) is 0.917. The van der Waals surface area contributed by atoms with Gasteiger partial charge in [0.2, 0.25) is 0 Å². The Morgan fingerprint density at radius 1 is 1.73 bits per heavy atom. The van der Waals surface area contributed by atoms with Crippen LogP contribution in [-0.2, 0) is 5.41 Å². The lowest BCUT2D eigenvalue weighted by molar-refractivity contribution is 0.215. The zero-order chi connectivity index (χ0) is 8.48. The molecular weight excluding hydrogens is 142 g/mol. The summed E-state index contributed by atoms with van der Waals surface area (Å²) in [5.74, 6) is 0. The van der Waals surface area contributed by atoms with Crippen molar-refractivity contribution in [3.63, 3.8) is 0 Å². The molecule has 0 unspecified atom stereocenters. The van der Waals surface area contributed by atoms with Crippen LogP contribution >= 0.6 is 0 Å². The summed E-state index contributed by atoms with van der Waals surface area (Å²) < 4.78 is 0. The van der Waals surface area contributed by atoms with Crippen LogP contribution in [0.4, 0.5) is 5.69 Å². The van der Waals surface area contributed by atoms with Crippen LogP contribution in [-0.4, -0.2) is 21.9 Å². The number of nitrogen functional groups attached to an aromatic ring is 1. The number of nitrogens with two attached hydrogens (primary N) is 1. The Kier molecular flexibility index (Phi) is 1.87. The summed E-state index contributed by atoms with van der Waals surface area (Å²) in [7, 11) is 0. The van der Waals surface area contributed by atoms with E-state index in [1.54, 1.807) is 6.20 Å². The number of nitrogens with zero attached hydrogens (tertiary/aromatic N) is 1. The molecule has 0 fully saturated rings. The molecule has 0 amide bonds. The lowest BCUT2D eigenvalue weighted by atomic mass is 9.90. The number of hydrogen-bond acceptors (Lipinski definition) is 3. The average molecular weight is 155 g/mol. The Morgan fingerprint density at radius 3 is 2.73 bits per heavy atom. The first kappa shape index (κ1) is 8.07. The minimum Gasteiger partial charge on any atom is -0.396 e. The van der Waals surface area contributed by atoms with Crippen LogP contribution < -0.4 is 5.73 Å². The molecular formula is C7H13N3O. The van der Waals surface area contributed by atoms with E-state index < -0.39 is 0 Å². The SMILES string of the molecule is CC(C)(CO)c1[nH]ncc1N. The van der Waals surface area contributed by atoms with Crippen molar-refractivity contribution in [1.82, 2.24) is 10.2 Å². The van der Waals surface area contributed by atoms with Gasteiger partial charge in [0.1, 0.15) is 0 Å². The lowest BCUT2D eigenvalue weighted by Crippen LogP contribution is -2.23. The first-order chi connectivity index (χ1) is 5.08. The number of nitrogens with one attached hydrogen (secondary N) is 1. The number of aromatic nitrogens is 2. The molecule has 0 radical (unpaired) electrons. The molecule has 4 nitrogen and oxygen atoms in total. The molecule has 1 aromatic rings. The standard InChI is InChI=1S/C7H13N3O/c1-7(2,4-11)6-5(8)3-9-10-6/h3,11H,4,8H2,1-2H3,(H,9,10). The van der Waals surface area contributed by atoms with Gasteiger partial charge in [-0.1, -0.05) is 13.8 Å². The van der Waals surface area contributed by atoms with Crippen molar-refractivity contribution in [2.24, 2.45) is 0 Å². The van der Waals surface area contributed by atoms with Crippen LogP contribution in [0.5, 0.6) is 0 Å². The number of aliphatic hydroxyl groups is 1. The largest absolute Gasteiger partial charge is 0.396 e. The third-order valence-electron chi connectivity index (χ3n) is 1.74. The van der Waals surface area contributed by atoms with E-state index in [1.165, 1.54) is 0 Å². The Morgan fingerprint density at radius 2 is 2.36 bits per heavy atom. The van der Waals surface area contributed by atoms with Gasteiger partial charge < -0.3 is 10.8 Å². The predicted molar refractivity (Wildman–Crippen MR) is 43.1 cm³/mol. The van der Waals surface area contributed by atoms with E-state index in [0.29, 0.717) is 5.69 Å². The third-order valence-corrected chi connectivity index (χ3v) is 1.74. The maximum atomic E-state index is 8.99. The fraction of sp³-hybridized carbons (Fsp3) is 0.571. The predicted octanol–water partition coefficient (Wildman–Crippen LogP) is 0.262. The van der Waals surface area contributed by atoms with E-state index in [-0.39, 0.29) is 12.0 Å². The Labute approximate surface area is 65.4 Å². The Bertz CT molecular complexity index is 242.